The van der Waals surface area contributed by atoms with E-state index in [9.17, 15) is 13.2 Å². The van der Waals surface area contributed by atoms with Crippen LogP contribution in [-0.2, 0) is 21.2 Å². The van der Waals surface area contributed by atoms with Gasteiger partial charge in [0.25, 0.3) is 0 Å². The minimum absolute atomic E-state index is 0.127. The van der Waals surface area contributed by atoms with Crippen LogP contribution >= 0.6 is 11.6 Å². The zero-order valence-corrected chi connectivity index (χ0v) is 20.7. The van der Waals surface area contributed by atoms with Crippen molar-refractivity contribution >= 4 is 27.5 Å². The van der Waals surface area contributed by atoms with Crippen LogP contribution in [0.3, 0.4) is 0 Å². The molecule has 0 saturated carbocycles. The van der Waals surface area contributed by atoms with Crippen LogP contribution in [-0.4, -0.2) is 34.6 Å². The standard InChI is InChI=1S/C25H27ClN2O5S/c1-17(19-9-12-21(32-2)13-10-19)27-25(29)22(15-18-7-5-4-6-8-18)28-34(30,31)24-16-20(26)11-14-23(24)33-3/h4-14,16-17,22,28H,15H2,1-3H3,(H,27,29). The monoisotopic (exact) mass is 502 g/mol. The molecule has 180 valence electrons. The Hall–Kier alpha value is -3.07. The van der Waals surface area contributed by atoms with Crippen LogP contribution in [0.2, 0.25) is 5.02 Å². The highest BCUT2D eigenvalue weighted by Gasteiger charge is 2.29. The van der Waals surface area contributed by atoms with Crippen LogP contribution in [0.5, 0.6) is 11.5 Å². The van der Waals surface area contributed by atoms with E-state index in [-0.39, 0.29) is 28.1 Å². The first-order valence-corrected chi connectivity index (χ1v) is 12.4. The van der Waals surface area contributed by atoms with E-state index in [2.05, 4.69) is 10.0 Å². The summed E-state index contributed by atoms with van der Waals surface area (Å²) < 4.78 is 39.4. The molecular weight excluding hydrogens is 476 g/mol. The van der Waals surface area contributed by atoms with Gasteiger partial charge in [-0.2, -0.15) is 4.72 Å². The molecule has 0 aliphatic heterocycles. The maximum atomic E-state index is 13.3. The summed E-state index contributed by atoms with van der Waals surface area (Å²) in [6.45, 7) is 1.83. The van der Waals surface area contributed by atoms with Gasteiger partial charge in [0.05, 0.1) is 20.3 Å². The fraction of sp³-hybridized carbons (Fsp3) is 0.240. The van der Waals surface area contributed by atoms with Crippen molar-refractivity contribution in [3.63, 3.8) is 0 Å². The fourth-order valence-corrected chi connectivity index (χ4v) is 5.07. The maximum Gasteiger partial charge on any atom is 0.245 e. The van der Waals surface area contributed by atoms with Gasteiger partial charge in [-0.05, 0) is 54.8 Å². The number of ether oxygens (including phenoxy) is 2. The molecule has 0 saturated heterocycles. The molecule has 7 nitrogen and oxygen atoms in total. The molecule has 3 rings (SSSR count). The van der Waals surface area contributed by atoms with Crippen LogP contribution in [0, 0.1) is 0 Å². The minimum atomic E-state index is -4.14. The zero-order valence-electron chi connectivity index (χ0n) is 19.1. The second-order valence-electron chi connectivity index (χ2n) is 7.66. The average molecular weight is 503 g/mol. The lowest BCUT2D eigenvalue weighted by Gasteiger charge is -2.22. The first-order chi connectivity index (χ1) is 16.2. The summed E-state index contributed by atoms with van der Waals surface area (Å²) >= 11 is 6.03. The molecule has 0 heterocycles. The number of carbonyl (C=O) groups is 1. The average Bonchev–Trinajstić information content (AvgIpc) is 2.84. The second-order valence-corrected chi connectivity index (χ2v) is 9.78. The summed E-state index contributed by atoms with van der Waals surface area (Å²) in [7, 11) is -1.19. The number of sulfonamides is 1. The molecule has 0 bridgehead atoms. The fourth-order valence-electron chi connectivity index (χ4n) is 3.44. The molecule has 1 amide bonds. The Kier molecular flexibility index (Phi) is 8.55. The smallest absolute Gasteiger partial charge is 0.245 e. The van der Waals surface area contributed by atoms with Crippen molar-refractivity contribution in [2.45, 2.75) is 30.3 Å². The lowest BCUT2D eigenvalue weighted by atomic mass is 10.0. The van der Waals surface area contributed by atoms with Crippen molar-refractivity contribution in [2.75, 3.05) is 14.2 Å². The molecule has 3 aromatic rings. The van der Waals surface area contributed by atoms with Gasteiger partial charge < -0.3 is 14.8 Å². The van der Waals surface area contributed by atoms with Crippen LogP contribution in [0.25, 0.3) is 0 Å². The van der Waals surface area contributed by atoms with E-state index in [4.69, 9.17) is 21.1 Å². The SMILES string of the molecule is COc1ccc(C(C)NC(=O)C(Cc2ccccc2)NS(=O)(=O)c2cc(Cl)ccc2OC)cc1. The normalized spacial score (nSPS) is 13.1. The van der Waals surface area contributed by atoms with Gasteiger partial charge in [0.1, 0.15) is 22.4 Å². The third-order valence-corrected chi connectivity index (χ3v) is 7.01. The highest BCUT2D eigenvalue weighted by atomic mass is 35.5. The van der Waals surface area contributed by atoms with E-state index in [0.29, 0.717) is 5.75 Å². The summed E-state index contributed by atoms with van der Waals surface area (Å²) in [5.41, 5.74) is 1.66. The van der Waals surface area contributed by atoms with E-state index in [1.54, 1.807) is 19.2 Å². The predicted molar refractivity (Wildman–Crippen MR) is 132 cm³/mol. The number of methoxy groups -OCH3 is 2. The molecule has 9 heteroatoms. The third-order valence-electron chi connectivity index (χ3n) is 5.29. The first kappa shape index (κ1) is 25.6. The highest BCUT2D eigenvalue weighted by Crippen LogP contribution is 2.27. The number of amides is 1. The largest absolute Gasteiger partial charge is 0.497 e. The lowest BCUT2D eigenvalue weighted by Crippen LogP contribution is -2.48. The molecule has 3 aromatic carbocycles. The molecule has 0 spiro atoms. The van der Waals surface area contributed by atoms with Gasteiger partial charge in [-0.25, -0.2) is 8.42 Å². The number of benzene rings is 3. The number of nitrogens with one attached hydrogen (secondary N) is 2. The summed E-state index contributed by atoms with van der Waals surface area (Å²) in [5, 5.41) is 3.14. The molecule has 0 aliphatic rings. The van der Waals surface area contributed by atoms with E-state index in [1.165, 1.54) is 25.3 Å². The Balaban J connectivity index is 1.87. The first-order valence-electron chi connectivity index (χ1n) is 10.6. The van der Waals surface area contributed by atoms with Gasteiger partial charge in [0, 0.05) is 5.02 Å². The molecule has 0 radical (unpaired) electrons. The Labute approximate surface area is 205 Å². The van der Waals surface area contributed by atoms with Gasteiger partial charge >= 0.3 is 0 Å². The van der Waals surface area contributed by atoms with Crippen LogP contribution < -0.4 is 19.5 Å². The lowest BCUT2D eigenvalue weighted by molar-refractivity contribution is -0.123. The summed E-state index contributed by atoms with van der Waals surface area (Å²) in [4.78, 5) is 13.1. The van der Waals surface area contributed by atoms with Crippen molar-refractivity contribution in [3.8, 4) is 11.5 Å². The van der Waals surface area contributed by atoms with Gasteiger partial charge in [0.15, 0.2) is 0 Å². The van der Waals surface area contributed by atoms with Crippen molar-refractivity contribution in [1.29, 1.82) is 0 Å². The Morgan fingerprint density at radius 2 is 1.65 bits per heavy atom. The van der Waals surface area contributed by atoms with Gasteiger partial charge in [-0.15, -0.1) is 0 Å². The van der Waals surface area contributed by atoms with E-state index < -0.39 is 22.0 Å². The quantitative estimate of drug-likeness (QED) is 0.435. The van der Waals surface area contributed by atoms with Crippen LogP contribution in [0.4, 0.5) is 0 Å². The third kappa shape index (κ3) is 6.50. The molecular formula is C25H27ClN2O5S. The van der Waals surface area contributed by atoms with Crippen LogP contribution in [0.15, 0.2) is 77.7 Å². The highest BCUT2D eigenvalue weighted by molar-refractivity contribution is 7.89. The Bertz CT molecular complexity index is 1220. The van der Waals surface area contributed by atoms with Crippen molar-refractivity contribution in [2.24, 2.45) is 0 Å². The van der Waals surface area contributed by atoms with Crippen molar-refractivity contribution in [3.05, 3.63) is 88.9 Å². The predicted octanol–water partition coefficient (Wildman–Crippen LogP) is 4.12. The van der Waals surface area contributed by atoms with Gasteiger partial charge in [-0.3, -0.25) is 4.79 Å². The molecule has 0 fully saturated rings. The molecule has 34 heavy (non-hydrogen) atoms. The number of hydrogen-bond acceptors (Lipinski definition) is 5. The maximum absolute atomic E-state index is 13.3. The van der Waals surface area contributed by atoms with Gasteiger partial charge in [-0.1, -0.05) is 54.1 Å². The minimum Gasteiger partial charge on any atom is -0.497 e. The van der Waals surface area contributed by atoms with Gasteiger partial charge in [0.2, 0.25) is 15.9 Å². The Morgan fingerprint density at radius 3 is 2.26 bits per heavy atom. The number of hydrogen-bond donors (Lipinski definition) is 2. The topological polar surface area (TPSA) is 93.7 Å². The molecule has 0 aliphatic carbocycles. The number of carbonyl (C=O) groups excluding carboxylic acids is 1. The number of rotatable bonds is 10. The molecule has 0 aromatic heterocycles. The number of halogens is 1. The molecule has 2 atom stereocenters. The zero-order chi connectivity index (χ0) is 24.7. The summed E-state index contributed by atoms with van der Waals surface area (Å²) in [6, 6.07) is 19.3. The van der Waals surface area contributed by atoms with E-state index in [0.717, 1.165) is 11.1 Å². The van der Waals surface area contributed by atoms with E-state index in [1.807, 2.05) is 49.4 Å². The van der Waals surface area contributed by atoms with Crippen molar-refractivity contribution < 1.29 is 22.7 Å². The summed E-state index contributed by atoms with van der Waals surface area (Å²) in [6.07, 6.45) is 0.157. The van der Waals surface area contributed by atoms with Crippen LogP contribution in [0.1, 0.15) is 24.1 Å². The summed E-state index contributed by atoms with van der Waals surface area (Å²) in [5.74, 6) is 0.367. The van der Waals surface area contributed by atoms with Crippen molar-refractivity contribution in [1.82, 2.24) is 10.0 Å². The Morgan fingerprint density at radius 1 is 0.971 bits per heavy atom. The second kappa shape index (κ2) is 11.4. The van der Waals surface area contributed by atoms with E-state index >= 15 is 0 Å². The molecule has 2 N–H and O–H groups in total. The molecule has 2 unspecified atom stereocenters.